The fourth-order valence-corrected chi connectivity index (χ4v) is 5.83. The van der Waals surface area contributed by atoms with Crippen molar-refractivity contribution in [3.05, 3.63) is 66.2 Å². The molecule has 0 spiro atoms. The minimum Gasteiger partial charge on any atom is -0.490 e. The number of amides is 1. The molecule has 1 amide bonds. The number of carbonyl (C=O) groups excluding carboxylic acids is 1. The molecule has 3 aromatic rings. The van der Waals surface area contributed by atoms with Gasteiger partial charge in [0, 0.05) is 20.0 Å². The molecule has 0 aliphatic carbocycles. The first kappa shape index (κ1) is 22.7. The highest BCUT2D eigenvalue weighted by Crippen LogP contribution is 2.38. The fraction of sp³-hybridized carbons (Fsp3) is 0.346. The van der Waals surface area contributed by atoms with E-state index in [1.165, 1.54) is 7.05 Å². The Morgan fingerprint density at radius 3 is 2.56 bits per heavy atom. The maximum absolute atomic E-state index is 13.2. The lowest BCUT2D eigenvalue weighted by atomic mass is 10.0. The van der Waals surface area contributed by atoms with Gasteiger partial charge in [0.15, 0.2) is 11.5 Å². The summed E-state index contributed by atoms with van der Waals surface area (Å²) in [6.07, 6.45) is 2.52. The van der Waals surface area contributed by atoms with E-state index in [1.54, 1.807) is 23.1 Å². The van der Waals surface area contributed by atoms with Gasteiger partial charge in [0.2, 0.25) is 15.9 Å². The molecule has 2 aliphatic heterocycles. The van der Waals surface area contributed by atoms with Crippen molar-refractivity contribution in [2.75, 3.05) is 33.4 Å². The van der Waals surface area contributed by atoms with Crippen LogP contribution in [0, 0.1) is 0 Å². The van der Waals surface area contributed by atoms with Crippen molar-refractivity contribution < 1.29 is 22.7 Å². The number of carbonyl (C=O) groups is 1. The largest absolute Gasteiger partial charge is 0.490 e. The van der Waals surface area contributed by atoms with Crippen molar-refractivity contribution in [3.63, 3.8) is 0 Å². The molecule has 2 heterocycles. The van der Waals surface area contributed by atoms with Crippen LogP contribution in [0.2, 0.25) is 0 Å². The monoisotopic (exact) mass is 480 g/mol. The Bertz CT molecular complexity index is 1320. The minimum atomic E-state index is -3.80. The summed E-state index contributed by atoms with van der Waals surface area (Å²) in [5.41, 5.74) is 0.982. The second kappa shape index (κ2) is 9.27. The normalized spacial score (nSPS) is 18.3. The number of likely N-dealkylation sites (N-methyl/N-ethyl adjacent to an activating group) is 1. The van der Waals surface area contributed by atoms with Crippen LogP contribution in [0.1, 0.15) is 30.9 Å². The summed E-state index contributed by atoms with van der Waals surface area (Å²) in [6.45, 7) is 1.61. The van der Waals surface area contributed by atoms with Gasteiger partial charge in [-0.1, -0.05) is 36.4 Å². The quantitative estimate of drug-likeness (QED) is 0.552. The molecule has 0 N–H and O–H groups in total. The third-order valence-electron chi connectivity index (χ3n) is 6.52. The van der Waals surface area contributed by atoms with Gasteiger partial charge in [0.25, 0.3) is 0 Å². The third kappa shape index (κ3) is 4.35. The Balaban J connectivity index is 1.33. The summed E-state index contributed by atoms with van der Waals surface area (Å²) in [5, 5.41) is 1.81. The average molecular weight is 481 g/mol. The van der Waals surface area contributed by atoms with Crippen LogP contribution in [0.15, 0.2) is 65.6 Å². The molecule has 1 fully saturated rings. The molecule has 0 radical (unpaired) electrons. The Labute approximate surface area is 199 Å². The van der Waals surface area contributed by atoms with Crippen LogP contribution in [0.3, 0.4) is 0 Å². The molecule has 0 unspecified atom stereocenters. The van der Waals surface area contributed by atoms with Crippen LogP contribution in [-0.2, 0) is 14.8 Å². The number of ether oxygens (including phenoxy) is 2. The van der Waals surface area contributed by atoms with Crippen LogP contribution in [0.5, 0.6) is 11.5 Å². The maximum atomic E-state index is 13.2. The molecule has 5 rings (SSSR count). The van der Waals surface area contributed by atoms with E-state index in [2.05, 4.69) is 0 Å². The SMILES string of the molecule is CN(CC(=O)N1CCC[C@@H]1c1ccc2c(c1)OCCCO2)S(=O)(=O)c1ccc2ccccc2c1. The summed E-state index contributed by atoms with van der Waals surface area (Å²) in [6, 6.07) is 18.3. The molecule has 3 aromatic carbocycles. The van der Waals surface area contributed by atoms with Crippen molar-refractivity contribution in [2.45, 2.75) is 30.2 Å². The van der Waals surface area contributed by atoms with Gasteiger partial charge in [-0.05, 0) is 53.4 Å². The standard InChI is InChI=1S/C26H28N2O5S/c1-27(34(30,31)22-11-9-19-6-2-3-7-20(19)16-22)18-26(29)28-13-4-8-23(28)21-10-12-24-25(17-21)33-15-5-14-32-24/h2-3,6-7,9-12,16-17,23H,4-5,8,13-15,18H2,1H3/t23-/m1/s1. The van der Waals surface area contributed by atoms with Crippen molar-refractivity contribution in [3.8, 4) is 11.5 Å². The van der Waals surface area contributed by atoms with E-state index in [1.807, 2.05) is 42.5 Å². The molecular weight excluding hydrogens is 452 g/mol. The number of nitrogens with zero attached hydrogens (tertiary/aromatic N) is 2. The zero-order valence-electron chi connectivity index (χ0n) is 19.1. The van der Waals surface area contributed by atoms with E-state index >= 15 is 0 Å². The highest BCUT2D eigenvalue weighted by molar-refractivity contribution is 7.89. The molecule has 0 aromatic heterocycles. The highest BCUT2D eigenvalue weighted by Gasteiger charge is 2.33. The van der Waals surface area contributed by atoms with Gasteiger partial charge in [-0.3, -0.25) is 4.79 Å². The topological polar surface area (TPSA) is 76.2 Å². The molecule has 1 saturated heterocycles. The summed E-state index contributed by atoms with van der Waals surface area (Å²) < 4.78 is 39.1. The van der Waals surface area contributed by atoms with Gasteiger partial charge in [0.05, 0.1) is 30.7 Å². The smallest absolute Gasteiger partial charge is 0.243 e. The predicted molar refractivity (Wildman–Crippen MR) is 130 cm³/mol. The zero-order valence-corrected chi connectivity index (χ0v) is 20.0. The molecule has 34 heavy (non-hydrogen) atoms. The van der Waals surface area contributed by atoms with Crippen LogP contribution >= 0.6 is 0 Å². The van der Waals surface area contributed by atoms with Crippen LogP contribution in [0.25, 0.3) is 10.8 Å². The first-order chi connectivity index (χ1) is 16.4. The van der Waals surface area contributed by atoms with Gasteiger partial charge in [-0.25, -0.2) is 8.42 Å². The Kier molecular flexibility index (Phi) is 6.18. The second-order valence-electron chi connectivity index (χ2n) is 8.77. The number of sulfonamides is 1. The van der Waals surface area contributed by atoms with Gasteiger partial charge < -0.3 is 14.4 Å². The fourth-order valence-electron chi connectivity index (χ4n) is 4.67. The Morgan fingerprint density at radius 1 is 0.971 bits per heavy atom. The summed E-state index contributed by atoms with van der Waals surface area (Å²) in [7, 11) is -2.34. The molecule has 0 saturated carbocycles. The van der Waals surface area contributed by atoms with Crippen molar-refractivity contribution in [1.82, 2.24) is 9.21 Å². The van der Waals surface area contributed by atoms with Gasteiger partial charge in [-0.15, -0.1) is 0 Å². The lowest BCUT2D eigenvalue weighted by Gasteiger charge is -2.27. The van der Waals surface area contributed by atoms with E-state index in [-0.39, 0.29) is 23.4 Å². The number of benzene rings is 3. The average Bonchev–Trinajstić information content (AvgIpc) is 3.22. The van der Waals surface area contributed by atoms with E-state index < -0.39 is 10.0 Å². The van der Waals surface area contributed by atoms with Crippen molar-refractivity contribution in [2.24, 2.45) is 0 Å². The van der Waals surface area contributed by atoms with Crippen LogP contribution in [0.4, 0.5) is 0 Å². The van der Waals surface area contributed by atoms with E-state index in [0.717, 1.165) is 45.7 Å². The van der Waals surface area contributed by atoms with Crippen LogP contribution in [-0.4, -0.2) is 56.9 Å². The first-order valence-corrected chi connectivity index (χ1v) is 13.0. The van der Waals surface area contributed by atoms with Crippen molar-refractivity contribution in [1.29, 1.82) is 0 Å². The first-order valence-electron chi connectivity index (χ1n) is 11.6. The molecule has 0 bridgehead atoms. The summed E-state index contributed by atoms with van der Waals surface area (Å²) in [5.74, 6) is 1.21. The molecule has 178 valence electrons. The van der Waals surface area contributed by atoms with Crippen LogP contribution < -0.4 is 9.47 Å². The Hall–Kier alpha value is -3.10. The molecular formula is C26H28N2O5S. The predicted octanol–water partition coefficient (Wildman–Crippen LogP) is 3.99. The maximum Gasteiger partial charge on any atom is 0.243 e. The molecule has 7 nitrogen and oxygen atoms in total. The summed E-state index contributed by atoms with van der Waals surface area (Å²) in [4.78, 5) is 15.2. The number of fused-ring (bicyclic) bond motifs is 2. The van der Waals surface area contributed by atoms with E-state index in [0.29, 0.717) is 25.5 Å². The number of hydrogen-bond donors (Lipinski definition) is 0. The Morgan fingerprint density at radius 2 is 1.74 bits per heavy atom. The lowest BCUT2D eigenvalue weighted by molar-refractivity contribution is -0.132. The van der Waals surface area contributed by atoms with Gasteiger partial charge in [0.1, 0.15) is 0 Å². The number of rotatable bonds is 5. The minimum absolute atomic E-state index is 0.110. The second-order valence-corrected chi connectivity index (χ2v) is 10.8. The van der Waals surface area contributed by atoms with E-state index in [9.17, 15) is 13.2 Å². The van der Waals surface area contributed by atoms with Crippen molar-refractivity contribution >= 4 is 26.7 Å². The zero-order chi connectivity index (χ0) is 23.7. The molecule has 2 aliphatic rings. The van der Waals surface area contributed by atoms with Gasteiger partial charge in [-0.2, -0.15) is 4.31 Å². The third-order valence-corrected chi connectivity index (χ3v) is 8.32. The molecule has 8 heteroatoms. The number of hydrogen-bond acceptors (Lipinski definition) is 5. The van der Waals surface area contributed by atoms with Gasteiger partial charge >= 0.3 is 0 Å². The highest BCUT2D eigenvalue weighted by atomic mass is 32.2. The van der Waals surface area contributed by atoms with E-state index in [4.69, 9.17) is 9.47 Å². The number of likely N-dealkylation sites (tertiary alicyclic amines) is 1. The summed E-state index contributed by atoms with van der Waals surface area (Å²) >= 11 is 0. The molecule has 1 atom stereocenters. The lowest BCUT2D eigenvalue weighted by Crippen LogP contribution is -2.40.